The van der Waals surface area contributed by atoms with Gasteiger partial charge in [0.1, 0.15) is 0 Å². The van der Waals surface area contributed by atoms with Crippen LogP contribution in [0.4, 0.5) is 0 Å². The lowest BCUT2D eigenvalue weighted by Gasteiger charge is -2.39. The monoisotopic (exact) mass is 406 g/mol. The Morgan fingerprint density at radius 1 is 1.04 bits per heavy atom. The molecule has 6 heteroatoms. The normalized spacial score (nSPS) is 20.7. The first-order chi connectivity index (χ1) is 13.0. The summed E-state index contributed by atoms with van der Waals surface area (Å²) in [5, 5.41) is 0.532. The largest absolute Gasteiger partial charge is 0.295 e. The summed E-state index contributed by atoms with van der Waals surface area (Å²) in [6.07, 6.45) is 4.06. The van der Waals surface area contributed by atoms with Crippen molar-refractivity contribution in [3.8, 4) is 0 Å². The lowest BCUT2D eigenvalue weighted by Crippen LogP contribution is -2.52. The molecule has 3 rings (SSSR count). The Hall–Kier alpha value is -1.40. The predicted octanol–water partition coefficient (Wildman–Crippen LogP) is 4.45. The number of hydrogen-bond acceptors (Lipinski definition) is 3. The summed E-state index contributed by atoms with van der Waals surface area (Å²) in [5.74, 6) is 0. The molecule has 2 atom stereocenters. The lowest BCUT2D eigenvalue weighted by atomic mass is 9.89. The van der Waals surface area contributed by atoms with E-state index in [1.54, 1.807) is 24.3 Å². The Balaban J connectivity index is 1.76. The highest BCUT2D eigenvalue weighted by atomic mass is 35.5. The van der Waals surface area contributed by atoms with Gasteiger partial charge in [-0.1, -0.05) is 61.7 Å². The van der Waals surface area contributed by atoms with Gasteiger partial charge >= 0.3 is 0 Å². The van der Waals surface area contributed by atoms with Crippen LogP contribution < -0.4 is 4.72 Å². The third-order valence-corrected chi connectivity index (χ3v) is 7.02. The molecule has 1 aliphatic rings. The highest BCUT2D eigenvalue weighted by Gasteiger charge is 2.32. The van der Waals surface area contributed by atoms with Crippen molar-refractivity contribution in [3.05, 3.63) is 65.2 Å². The Kier molecular flexibility index (Phi) is 6.93. The molecular formula is C21H27ClN2O2S. The number of benzene rings is 2. The van der Waals surface area contributed by atoms with E-state index in [9.17, 15) is 8.42 Å². The summed E-state index contributed by atoms with van der Waals surface area (Å²) in [6, 6.07) is 16.8. The summed E-state index contributed by atoms with van der Waals surface area (Å²) in [4.78, 5) is 2.66. The second-order valence-corrected chi connectivity index (χ2v) is 9.23. The average molecular weight is 407 g/mol. The van der Waals surface area contributed by atoms with Gasteiger partial charge in [0.15, 0.2) is 0 Å². The molecule has 2 aromatic carbocycles. The van der Waals surface area contributed by atoms with Crippen LogP contribution in [0.1, 0.15) is 38.2 Å². The maximum Gasteiger partial charge on any atom is 0.240 e. The van der Waals surface area contributed by atoms with Crippen LogP contribution in [-0.4, -0.2) is 31.9 Å². The zero-order chi connectivity index (χ0) is 19.3. The van der Waals surface area contributed by atoms with E-state index in [1.165, 1.54) is 5.56 Å². The molecule has 0 aliphatic heterocycles. The first-order valence-corrected chi connectivity index (χ1v) is 11.4. The Bertz CT molecular complexity index is 825. The van der Waals surface area contributed by atoms with Crippen molar-refractivity contribution in [1.82, 2.24) is 9.62 Å². The first-order valence-electron chi connectivity index (χ1n) is 9.55. The smallest absolute Gasteiger partial charge is 0.240 e. The van der Waals surface area contributed by atoms with Gasteiger partial charge < -0.3 is 0 Å². The van der Waals surface area contributed by atoms with E-state index in [1.807, 2.05) is 18.2 Å². The van der Waals surface area contributed by atoms with Gasteiger partial charge in [-0.2, -0.15) is 0 Å². The molecule has 1 N–H and O–H groups in total. The minimum Gasteiger partial charge on any atom is -0.295 e. The van der Waals surface area contributed by atoms with E-state index in [0.717, 1.165) is 38.8 Å². The minimum atomic E-state index is -3.56. The molecule has 1 saturated carbocycles. The van der Waals surface area contributed by atoms with E-state index >= 15 is 0 Å². The van der Waals surface area contributed by atoms with E-state index in [0.29, 0.717) is 5.02 Å². The summed E-state index contributed by atoms with van der Waals surface area (Å²) in [6.45, 7) is 3.86. The van der Waals surface area contributed by atoms with Crippen LogP contribution >= 0.6 is 11.6 Å². The average Bonchev–Trinajstić information content (AvgIpc) is 2.67. The van der Waals surface area contributed by atoms with Gasteiger partial charge in [-0.3, -0.25) is 4.90 Å². The summed E-state index contributed by atoms with van der Waals surface area (Å²) in [7, 11) is -3.56. The molecule has 0 radical (unpaired) electrons. The number of nitrogens with zero attached hydrogens (tertiary/aromatic N) is 1. The molecular weight excluding hydrogens is 380 g/mol. The molecule has 0 bridgehead atoms. The molecule has 2 aromatic rings. The van der Waals surface area contributed by atoms with Crippen molar-refractivity contribution in [2.45, 2.75) is 56.1 Å². The minimum absolute atomic E-state index is 0.0805. The quantitative estimate of drug-likeness (QED) is 0.738. The maximum absolute atomic E-state index is 12.9. The molecule has 2 unspecified atom stereocenters. The molecule has 27 heavy (non-hydrogen) atoms. The highest BCUT2D eigenvalue weighted by Crippen LogP contribution is 2.26. The Morgan fingerprint density at radius 2 is 1.70 bits per heavy atom. The third-order valence-electron chi connectivity index (χ3n) is 5.26. The van der Waals surface area contributed by atoms with Gasteiger partial charge in [0, 0.05) is 23.7 Å². The number of likely N-dealkylation sites (N-methyl/N-ethyl adjacent to an activating group) is 1. The molecule has 146 valence electrons. The van der Waals surface area contributed by atoms with Crippen LogP contribution in [0.15, 0.2) is 59.5 Å². The Labute approximate surface area is 167 Å². The van der Waals surface area contributed by atoms with E-state index < -0.39 is 10.0 Å². The standard InChI is InChI=1S/C21H27ClN2O2S/c1-2-24(16-17-8-4-3-5-9-17)21-11-7-6-10-20(21)23-27(25,26)19-14-12-18(22)13-15-19/h3-5,8-9,12-15,20-21,23H,2,6-7,10-11,16H2,1H3. The summed E-state index contributed by atoms with van der Waals surface area (Å²) < 4.78 is 28.7. The molecule has 0 saturated heterocycles. The first kappa shape index (κ1) is 20.3. The van der Waals surface area contributed by atoms with Gasteiger partial charge in [0.05, 0.1) is 4.90 Å². The molecule has 1 fully saturated rings. The molecule has 4 nitrogen and oxygen atoms in total. The van der Waals surface area contributed by atoms with Gasteiger partial charge in [-0.15, -0.1) is 0 Å². The van der Waals surface area contributed by atoms with Crippen LogP contribution in [0.5, 0.6) is 0 Å². The third kappa shape index (κ3) is 5.32. The van der Waals surface area contributed by atoms with Crippen LogP contribution in [-0.2, 0) is 16.6 Å². The van der Waals surface area contributed by atoms with Crippen molar-refractivity contribution in [3.63, 3.8) is 0 Å². The van der Waals surface area contributed by atoms with Gasteiger partial charge in [0.2, 0.25) is 10.0 Å². The highest BCUT2D eigenvalue weighted by molar-refractivity contribution is 7.89. The van der Waals surface area contributed by atoms with E-state index in [-0.39, 0.29) is 17.0 Å². The summed E-state index contributed by atoms with van der Waals surface area (Å²) >= 11 is 5.89. The van der Waals surface area contributed by atoms with Crippen LogP contribution in [0, 0.1) is 0 Å². The van der Waals surface area contributed by atoms with Crippen LogP contribution in [0.25, 0.3) is 0 Å². The fraction of sp³-hybridized carbons (Fsp3) is 0.429. The van der Waals surface area contributed by atoms with Gasteiger partial charge in [-0.25, -0.2) is 13.1 Å². The van der Waals surface area contributed by atoms with Crippen molar-refractivity contribution in [2.75, 3.05) is 6.54 Å². The second kappa shape index (κ2) is 9.20. The number of nitrogens with one attached hydrogen (secondary N) is 1. The number of sulfonamides is 1. The lowest BCUT2D eigenvalue weighted by molar-refractivity contribution is 0.130. The Morgan fingerprint density at radius 3 is 2.37 bits per heavy atom. The molecule has 1 aliphatic carbocycles. The maximum atomic E-state index is 12.9. The zero-order valence-electron chi connectivity index (χ0n) is 15.6. The topological polar surface area (TPSA) is 49.4 Å². The van der Waals surface area contributed by atoms with Crippen molar-refractivity contribution in [1.29, 1.82) is 0 Å². The van der Waals surface area contributed by atoms with Crippen molar-refractivity contribution in [2.24, 2.45) is 0 Å². The van der Waals surface area contributed by atoms with E-state index in [2.05, 4.69) is 28.7 Å². The SMILES string of the molecule is CCN(Cc1ccccc1)C1CCCCC1NS(=O)(=O)c1ccc(Cl)cc1. The zero-order valence-corrected chi connectivity index (χ0v) is 17.2. The van der Waals surface area contributed by atoms with Crippen molar-refractivity contribution >= 4 is 21.6 Å². The van der Waals surface area contributed by atoms with E-state index in [4.69, 9.17) is 11.6 Å². The number of rotatable bonds is 7. The van der Waals surface area contributed by atoms with Gasteiger partial charge in [0.25, 0.3) is 0 Å². The fourth-order valence-electron chi connectivity index (χ4n) is 3.85. The summed E-state index contributed by atoms with van der Waals surface area (Å²) in [5.41, 5.74) is 1.25. The molecule has 0 spiro atoms. The second-order valence-electron chi connectivity index (χ2n) is 7.08. The fourth-order valence-corrected chi connectivity index (χ4v) is 5.28. The van der Waals surface area contributed by atoms with Crippen LogP contribution in [0.3, 0.4) is 0 Å². The molecule has 0 aromatic heterocycles. The van der Waals surface area contributed by atoms with Crippen LogP contribution in [0.2, 0.25) is 5.02 Å². The molecule has 0 heterocycles. The van der Waals surface area contributed by atoms with Gasteiger partial charge in [-0.05, 0) is 49.2 Å². The number of halogens is 1. The number of hydrogen-bond donors (Lipinski definition) is 1. The predicted molar refractivity (Wildman–Crippen MR) is 110 cm³/mol. The molecule has 0 amide bonds. The van der Waals surface area contributed by atoms with Crippen molar-refractivity contribution < 1.29 is 8.42 Å².